The minimum atomic E-state index is -0.551. The highest BCUT2D eigenvalue weighted by Crippen LogP contribution is 2.32. The Balaban J connectivity index is 2.82. The summed E-state index contributed by atoms with van der Waals surface area (Å²) in [4.78, 5) is 12.3. The highest BCUT2D eigenvalue weighted by molar-refractivity contribution is 5.81. The molecule has 3 unspecified atom stereocenters. The molecule has 0 spiro atoms. The highest BCUT2D eigenvalue weighted by Gasteiger charge is 2.44. The zero-order valence-electron chi connectivity index (χ0n) is 12.1. The van der Waals surface area contributed by atoms with Gasteiger partial charge in [-0.25, -0.2) is 0 Å². The number of rotatable bonds is 6. The first kappa shape index (κ1) is 15.4. The fraction of sp³-hybridized carbons (Fsp3) is 0.929. The van der Waals surface area contributed by atoms with Crippen molar-refractivity contribution in [3.63, 3.8) is 0 Å². The van der Waals surface area contributed by atoms with E-state index >= 15 is 0 Å². The van der Waals surface area contributed by atoms with Crippen LogP contribution in [-0.2, 0) is 14.3 Å². The summed E-state index contributed by atoms with van der Waals surface area (Å²) in [5, 5.41) is 3.48. The number of methoxy groups -OCH3 is 1. The Bertz CT molecular complexity index is 266. The van der Waals surface area contributed by atoms with Crippen LogP contribution < -0.4 is 5.32 Å². The van der Waals surface area contributed by atoms with Crippen LogP contribution in [0.1, 0.15) is 52.9 Å². The quantitative estimate of drug-likeness (QED) is 0.742. The molecule has 3 atom stereocenters. The summed E-state index contributed by atoms with van der Waals surface area (Å²) in [6, 6.07) is 0.310. The minimum absolute atomic E-state index is 0.118. The van der Waals surface area contributed by atoms with E-state index in [9.17, 15) is 4.79 Å². The third-order valence-electron chi connectivity index (χ3n) is 3.84. The number of esters is 1. The van der Waals surface area contributed by atoms with Crippen molar-refractivity contribution in [3.05, 3.63) is 0 Å². The third-order valence-corrected chi connectivity index (χ3v) is 3.84. The molecule has 0 aromatic heterocycles. The Labute approximate surface area is 110 Å². The lowest BCUT2D eigenvalue weighted by molar-refractivity contribution is -0.155. The van der Waals surface area contributed by atoms with E-state index in [1.54, 1.807) is 7.11 Å². The van der Waals surface area contributed by atoms with Gasteiger partial charge < -0.3 is 9.47 Å². The van der Waals surface area contributed by atoms with Gasteiger partial charge in [0.05, 0.1) is 12.7 Å². The largest absolute Gasteiger partial charge is 0.465 e. The summed E-state index contributed by atoms with van der Waals surface area (Å²) in [5.74, 6) is -0.118. The molecule has 0 aromatic carbocycles. The van der Waals surface area contributed by atoms with Crippen molar-refractivity contribution in [2.24, 2.45) is 0 Å². The molecule has 1 N–H and O–H groups in total. The number of carbonyl (C=O) groups is 1. The second kappa shape index (κ2) is 7.10. The first-order valence-electron chi connectivity index (χ1n) is 7.05. The standard InChI is InChI=1S/C14H27NO3/c1-5-11(3)15-14(13(16)18-6-2)9-7-8-12(10-14)17-4/h11-12,15H,5-10H2,1-4H3. The first-order chi connectivity index (χ1) is 8.57. The van der Waals surface area contributed by atoms with Crippen LogP contribution >= 0.6 is 0 Å². The molecule has 1 saturated carbocycles. The van der Waals surface area contributed by atoms with Gasteiger partial charge in [-0.1, -0.05) is 6.92 Å². The lowest BCUT2D eigenvalue weighted by atomic mass is 9.79. The summed E-state index contributed by atoms with van der Waals surface area (Å²) < 4.78 is 10.7. The van der Waals surface area contributed by atoms with Gasteiger partial charge in [-0.05, 0) is 39.5 Å². The summed E-state index contributed by atoms with van der Waals surface area (Å²) in [6.45, 7) is 6.51. The van der Waals surface area contributed by atoms with Gasteiger partial charge in [0.15, 0.2) is 0 Å². The molecule has 106 valence electrons. The van der Waals surface area contributed by atoms with Crippen molar-refractivity contribution in [1.82, 2.24) is 5.32 Å². The van der Waals surface area contributed by atoms with E-state index in [1.807, 2.05) is 6.92 Å². The van der Waals surface area contributed by atoms with Crippen LogP contribution in [0.25, 0.3) is 0 Å². The molecule has 1 aliphatic carbocycles. The van der Waals surface area contributed by atoms with Crippen molar-refractivity contribution in [2.45, 2.75) is 70.6 Å². The number of carbonyl (C=O) groups excluding carboxylic acids is 1. The van der Waals surface area contributed by atoms with Crippen LogP contribution in [0.2, 0.25) is 0 Å². The lowest BCUT2D eigenvalue weighted by Crippen LogP contribution is -2.59. The van der Waals surface area contributed by atoms with Crippen molar-refractivity contribution < 1.29 is 14.3 Å². The van der Waals surface area contributed by atoms with Crippen LogP contribution in [0.3, 0.4) is 0 Å². The summed E-state index contributed by atoms with van der Waals surface area (Å²) in [6.07, 6.45) is 4.74. The maximum atomic E-state index is 12.3. The zero-order valence-corrected chi connectivity index (χ0v) is 12.1. The minimum Gasteiger partial charge on any atom is -0.465 e. The van der Waals surface area contributed by atoms with E-state index in [1.165, 1.54) is 0 Å². The van der Waals surface area contributed by atoms with Gasteiger partial charge in [0.25, 0.3) is 0 Å². The van der Waals surface area contributed by atoms with Crippen LogP contribution in [0, 0.1) is 0 Å². The predicted molar refractivity (Wildman–Crippen MR) is 71.5 cm³/mol. The smallest absolute Gasteiger partial charge is 0.326 e. The van der Waals surface area contributed by atoms with Crippen molar-refractivity contribution >= 4 is 5.97 Å². The van der Waals surface area contributed by atoms with Gasteiger partial charge in [0, 0.05) is 19.6 Å². The van der Waals surface area contributed by atoms with Crippen LogP contribution in [0.15, 0.2) is 0 Å². The van der Waals surface area contributed by atoms with E-state index < -0.39 is 5.54 Å². The molecule has 1 aliphatic rings. The van der Waals surface area contributed by atoms with Gasteiger partial charge in [-0.2, -0.15) is 0 Å². The molecule has 1 rings (SSSR count). The van der Waals surface area contributed by atoms with Gasteiger partial charge in [-0.3, -0.25) is 10.1 Å². The molecule has 1 fully saturated rings. The maximum absolute atomic E-state index is 12.3. The van der Waals surface area contributed by atoms with Gasteiger partial charge in [0.1, 0.15) is 5.54 Å². The Kier molecular flexibility index (Phi) is 6.09. The zero-order chi connectivity index (χ0) is 13.6. The lowest BCUT2D eigenvalue weighted by Gasteiger charge is -2.40. The molecule has 4 nitrogen and oxygen atoms in total. The number of nitrogens with one attached hydrogen (secondary N) is 1. The molecule has 0 aromatic rings. The average Bonchev–Trinajstić information content (AvgIpc) is 2.39. The Morgan fingerprint density at radius 2 is 2.22 bits per heavy atom. The predicted octanol–water partition coefficient (Wildman–Crippen LogP) is 2.27. The van der Waals surface area contributed by atoms with E-state index in [4.69, 9.17) is 9.47 Å². The van der Waals surface area contributed by atoms with Crippen molar-refractivity contribution in [3.8, 4) is 0 Å². The average molecular weight is 257 g/mol. The molecule has 18 heavy (non-hydrogen) atoms. The summed E-state index contributed by atoms with van der Waals surface area (Å²) in [7, 11) is 1.72. The van der Waals surface area contributed by atoms with Crippen LogP contribution in [0.4, 0.5) is 0 Å². The Hall–Kier alpha value is -0.610. The maximum Gasteiger partial charge on any atom is 0.326 e. The molecule has 4 heteroatoms. The number of hydrogen-bond donors (Lipinski definition) is 1. The topological polar surface area (TPSA) is 47.6 Å². The van der Waals surface area contributed by atoms with E-state index in [2.05, 4.69) is 19.2 Å². The number of ether oxygens (including phenoxy) is 2. The molecular weight excluding hydrogens is 230 g/mol. The molecular formula is C14H27NO3. The van der Waals surface area contributed by atoms with E-state index in [0.717, 1.165) is 25.7 Å². The molecule has 0 amide bonds. The normalized spacial score (nSPS) is 29.9. The molecule has 0 radical (unpaired) electrons. The fourth-order valence-corrected chi connectivity index (χ4v) is 2.64. The SMILES string of the molecule is CCOC(=O)C1(NC(C)CC)CCCC(OC)C1. The Morgan fingerprint density at radius 1 is 1.50 bits per heavy atom. The highest BCUT2D eigenvalue weighted by atomic mass is 16.5. The van der Waals surface area contributed by atoms with Gasteiger partial charge in [0.2, 0.25) is 0 Å². The Morgan fingerprint density at radius 3 is 2.78 bits per heavy atom. The van der Waals surface area contributed by atoms with Gasteiger partial charge >= 0.3 is 5.97 Å². The second-order valence-corrected chi connectivity index (χ2v) is 5.21. The first-order valence-corrected chi connectivity index (χ1v) is 7.05. The van der Waals surface area contributed by atoms with Crippen molar-refractivity contribution in [2.75, 3.05) is 13.7 Å². The van der Waals surface area contributed by atoms with Crippen LogP contribution in [-0.4, -0.2) is 37.4 Å². The third kappa shape index (κ3) is 3.69. The van der Waals surface area contributed by atoms with E-state index in [-0.39, 0.29) is 12.1 Å². The second-order valence-electron chi connectivity index (χ2n) is 5.21. The molecule has 0 heterocycles. The summed E-state index contributed by atoms with van der Waals surface area (Å²) in [5.41, 5.74) is -0.551. The van der Waals surface area contributed by atoms with Crippen molar-refractivity contribution in [1.29, 1.82) is 0 Å². The summed E-state index contributed by atoms with van der Waals surface area (Å²) >= 11 is 0. The van der Waals surface area contributed by atoms with E-state index in [0.29, 0.717) is 19.1 Å². The molecule has 0 saturated heterocycles. The monoisotopic (exact) mass is 257 g/mol. The number of hydrogen-bond acceptors (Lipinski definition) is 4. The molecule has 0 aliphatic heterocycles. The fourth-order valence-electron chi connectivity index (χ4n) is 2.64. The van der Waals surface area contributed by atoms with Crippen LogP contribution in [0.5, 0.6) is 0 Å². The van der Waals surface area contributed by atoms with Gasteiger partial charge in [-0.15, -0.1) is 0 Å². The molecule has 0 bridgehead atoms.